The minimum absolute atomic E-state index is 0.640. The quantitative estimate of drug-likeness (QED) is 0.847. The molecule has 3 nitrogen and oxygen atoms in total. The van der Waals surface area contributed by atoms with Crippen LogP contribution in [0, 0.1) is 6.92 Å². The number of hydrogen-bond acceptors (Lipinski definition) is 2. The van der Waals surface area contributed by atoms with Crippen molar-refractivity contribution in [3.63, 3.8) is 0 Å². The van der Waals surface area contributed by atoms with Gasteiger partial charge in [0.15, 0.2) is 0 Å². The monoisotopic (exact) mass is 223 g/mol. The molecule has 1 aromatic heterocycles. The highest BCUT2D eigenvalue weighted by Crippen LogP contribution is 2.27. The molecule has 0 bridgehead atoms. The van der Waals surface area contributed by atoms with E-state index in [0.717, 1.165) is 28.0 Å². The first-order valence-electron chi connectivity index (χ1n) is 4.95. The van der Waals surface area contributed by atoms with E-state index in [9.17, 15) is 0 Å². The first kappa shape index (κ1) is 10.5. The van der Waals surface area contributed by atoms with Crippen LogP contribution in [-0.4, -0.2) is 16.3 Å². The van der Waals surface area contributed by atoms with Crippen molar-refractivity contribution in [3.05, 3.63) is 28.4 Å². The second-order valence-corrected chi connectivity index (χ2v) is 4.13. The summed E-state index contributed by atoms with van der Waals surface area (Å²) in [6.07, 6.45) is 0.851. The Hall–Kier alpha value is -1.06. The summed E-state index contributed by atoms with van der Waals surface area (Å²) in [5.41, 5.74) is 8.71. The number of hydrogen-bond donors (Lipinski definition) is 1. The lowest BCUT2D eigenvalue weighted by molar-refractivity contribution is 0.783. The molecule has 0 aliphatic carbocycles. The summed E-state index contributed by atoms with van der Waals surface area (Å²) < 4.78 is 1.82. The molecule has 0 unspecified atom stereocenters. The third-order valence-electron chi connectivity index (χ3n) is 2.57. The van der Waals surface area contributed by atoms with Gasteiger partial charge in [-0.2, -0.15) is 5.10 Å². The van der Waals surface area contributed by atoms with Crippen LogP contribution in [0.3, 0.4) is 0 Å². The lowest BCUT2D eigenvalue weighted by Crippen LogP contribution is -2.02. The van der Waals surface area contributed by atoms with E-state index in [0.29, 0.717) is 6.54 Å². The number of aromatic nitrogens is 2. The molecule has 1 aromatic carbocycles. The highest BCUT2D eigenvalue weighted by molar-refractivity contribution is 6.35. The number of halogens is 1. The topological polar surface area (TPSA) is 43.8 Å². The summed E-state index contributed by atoms with van der Waals surface area (Å²) in [6.45, 7) is 2.63. The summed E-state index contributed by atoms with van der Waals surface area (Å²) in [4.78, 5) is 0. The summed E-state index contributed by atoms with van der Waals surface area (Å²) in [7, 11) is 1.91. The fourth-order valence-electron chi connectivity index (χ4n) is 1.90. The molecule has 0 saturated heterocycles. The number of rotatable bonds is 2. The summed E-state index contributed by atoms with van der Waals surface area (Å²) in [6, 6.07) is 4.09. The first-order chi connectivity index (χ1) is 7.13. The van der Waals surface area contributed by atoms with Crippen LogP contribution >= 0.6 is 11.6 Å². The predicted octanol–water partition coefficient (Wildman–Crippen LogP) is 2.04. The van der Waals surface area contributed by atoms with Crippen molar-refractivity contribution in [2.45, 2.75) is 13.3 Å². The number of benzene rings is 1. The van der Waals surface area contributed by atoms with Gasteiger partial charge in [0.05, 0.1) is 16.2 Å². The van der Waals surface area contributed by atoms with Gasteiger partial charge < -0.3 is 5.73 Å². The molecular formula is C11H14ClN3. The minimum atomic E-state index is 0.640. The molecule has 2 rings (SSSR count). The van der Waals surface area contributed by atoms with Crippen molar-refractivity contribution in [1.29, 1.82) is 0 Å². The molecule has 80 valence electrons. The highest BCUT2D eigenvalue weighted by atomic mass is 35.5. The van der Waals surface area contributed by atoms with E-state index < -0.39 is 0 Å². The molecule has 0 spiro atoms. The standard InChI is InChI=1S/C11H14ClN3/c1-7-9-5-8(3-4-13)6-10(12)11(9)15(2)14-7/h5-6H,3-4,13H2,1-2H3. The maximum absolute atomic E-state index is 6.21. The SMILES string of the molecule is Cc1nn(C)c2c(Cl)cc(CCN)cc12. The van der Waals surface area contributed by atoms with Crippen molar-refractivity contribution in [2.24, 2.45) is 12.8 Å². The van der Waals surface area contributed by atoms with E-state index in [1.807, 2.05) is 24.7 Å². The second-order valence-electron chi connectivity index (χ2n) is 3.72. The lowest BCUT2D eigenvalue weighted by Gasteiger charge is -2.02. The van der Waals surface area contributed by atoms with Crippen LogP contribution in [0.1, 0.15) is 11.3 Å². The third-order valence-corrected chi connectivity index (χ3v) is 2.86. The average molecular weight is 224 g/mol. The lowest BCUT2D eigenvalue weighted by atomic mass is 10.1. The van der Waals surface area contributed by atoms with Gasteiger partial charge in [-0.3, -0.25) is 4.68 Å². The van der Waals surface area contributed by atoms with Gasteiger partial charge in [-0.1, -0.05) is 11.6 Å². The molecule has 15 heavy (non-hydrogen) atoms. The van der Waals surface area contributed by atoms with Crippen molar-refractivity contribution in [1.82, 2.24) is 9.78 Å². The van der Waals surface area contributed by atoms with E-state index in [2.05, 4.69) is 11.2 Å². The molecule has 4 heteroatoms. The van der Waals surface area contributed by atoms with Gasteiger partial charge in [0.1, 0.15) is 0 Å². The molecule has 2 N–H and O–H groups in total. The van der Waals surface area contributed by atoms with Gasteiger partial charge in [-0.15, -0.1) is 0 Å². The zero-order valence-electron chi connectivity index (χ0n) is 8.92. The predicted molar refractivity (Wildman–Crippen MR) is 63.2 cm³/mol. The number of aryl methyl sites for hydroxylation is 2. The Kier molecular flexibility index (Phi) is 2.67. The molecule has 0 aliphatic heterocycles. The van der Waals surface area contributed by atoms with Gasteiger partial charge in [0.25, 0.3) is 0 Å². The first-order valence-corrected chi connectivity index (χ1v) is 5.33. The van der Waals surface area contributed by atoms with Crippen LogP contribution < -0.4 is 5.73 Å². The smallest absolute Gasteiger partial charge is 0.0868 e. The number of nitrogens with zero attached hydrogens (tertiary/aromatic N) is 2. The summed E-state index contributed by atoms with van der Waals surface area (Å²) >= 11 is 6.21. The van der Waals surface area contributed by atoms with Crippen molar-refractivity contribution < 1.29 is 0 Å². The van der Waals surface area contributed by atoms with E-state index in [-0.39, 0.29) is 0 Å². The number of nitrogens with two attached hydrogens (primary N) is 1. The Morgan fingerprint density at radius 1 is 1.47 bits per heavy atom. The van der Waals surface area contributed by atoms with Crippen LogP contribution in [0.15, 0.2) is 12.1 Å². The van der Waals surface area contributed by atoms with E-state index >= 15 is 0 Å². The Morgan fingerprint density at radius 3 is 2.87 bits per heavy atom. The zero-order chi connectivity index (χ0) is 11.0. The Morgan fingerprint density at radius 2 is 2.20 bits per heavy atom. The largest absolute Gasteiger partial charge is 0.330 e. The van der Waals surface area contributed by atoms with Crippen LogP contribution in [0.25, 0.3) is 10.9 Å². The molecule has 0 amide bonds. The normalized spacial score (nSPS) is 11.2. The fourth-order valence-corrected chi connectivity index (χ4v) is 2.26. The highest BCUT2D eigenvalue weighted by Gasteiger charge is 2.09. The molecule has 0 aliphatic rings. The van der Waals surface area contributed by atoms with Gasteiger partial charge in [-0.05, 0) is 37.6 Å². The van der Waals surface area contributed by atoms with Crippen LogP contribution in [0.2, 0.25) is 5.02 Å². The minimum Gasteiger partial charge on any atom is -0.330 e. The molecular weight excluding hydrogens is 210 g/mol. The third kappa shape index (κ3) is 1.73. The van der Waals surface area contributed by atoms with Crippen molar-refractivity contribution >= 4 is 22.5 Å². The molecule has 0 fully saturated rings. The van der Waals surface area contributed by atoms with Crippen molar-refractivity contribution in [2.75, 3.05) is 6.54 Å². The molecule has 2 aromatic rings. The van der Waals surface area contributed by atoms with Crippen LogP contribution in [-0.2, 0) is 13.5 Å². The molecule has 1 heterocycles. The van der Waals surface area contributed by atoms with E-state index in [4.69, 9.17) is 17.3 Å². The zero-order valence-corrected chi connectivity index (χ0v) is 9.67. The summed E-state index contributed by atoms with van der Waals surface area (Å²) in [5.74, 6) is 0. The van der Waals surface area contributed by atoms with Gasteiger partial charge in [0.2, 0.25) is 0 Å². The van der Waals surface area contributed by atoms with Gasteiger partial charge >= 0.3 is 0 Å². The van der Waals surface area contributed by atoms with Crippen molar-refractivity contribution in [3.8, 4) is 0 Å². The maximum atomic E-state index is 6.21. The van der Waals surface area contributed by atoms with E-state index in [1.165, 1.54) is 5.56 Å². The fraction of sp³-hybridized carbons (Fsp3) is 0.364. The number of fused-ring (bicyclic) bond motifs is 1. The molecule has 0 radical (unpaired) electrons. The Bertz CT molecular complexity index is 502. The van der Waals surface area contributed by atoms with Gasteiger partial charge in [0, 0.05) is 12.4 Å². The second kappa shape index (κ2) is 3.83. The van der Waals surface area contributed by atoms with E-state index in [1.54, 1.807) is 0 Å². The Labute approximate surface area is 93.8 Å². The Balaban J connectivity index is 2.70. The summed E-state index contributed by atoms with van der Waals surface area (Å²) in [5, 5.41) is 6.22. The average Bonchev–Trinajstić information content (AvgIpc) is 2.43. The maximum Gasteiger partial charge on any atom is 0.0868 e. The van der Waals surface area contributed by atoms with Gasteiger partial charge in [-0.25, -0.2) is 0 Å². The van der Waals surface area contributed by atoms with Crippen LogP contribution in [0.5, 0.6) is 0 Å². The molecule has 0 saturated carbocycles. The molecule has 0 atom stereocenters. The van der Waals surface area contributed by atoms with Crippen LogP contribution in [0.4, 0.5) is 0 Å².